The van der Waals surface area contributed by atoms with Crippen LogP contribution in [0.1, 0.15) is 109 Å². The van der Waals surface area contributed by atoms with Crippen LogP contribution < -0.4 is 11.1 Å². The second-order valence-electron chi connectivity index (χ2n) is 11.7. The Bertz CT molecular complexity index is 1140. The van der Waals surface area contributed by atoms with Crippen LogP contribution >= 0.6 is 0 Å². The number of amides is 1. The van der Waals surface area contributed by atoms with Crippen LogP contribution in [0.25, 0.3) is 22.5 Å². The van der Waals surface area contributed by atoms with Crippen molar-refractivity contribution in [2.45, 2.75) is 116 Å². The third-order valence-corrected chi connectivity index (χ3v) is 7.98. The molecule has 0 saturated heterocycles. The van der Waals surface area contributed by atoms with Crippen LogP contribution in [0.3, 0.4) is 0 Å². The molecule has 2 heterocycles. The molecule has 0 bridgehead atoms. The van der Waals surface area contributed by atoms with E-state index in [4.69, 9.17) is 5.73 Å². The zero-order chi connectivity index (χ0) is 30.5. The number of Topliss-reactive ketones (excluding diaryl/α,β-unsaturated/α-hetero) is 1. The van der Waals surface area contributed by atoms with E-state index in [0.717, 1.165) is 74.0 Å². The maximum absolute atomic E-state index is 13.3. The monoisotopic (exact) mass is 584 g/mol. The van der Waals surface area contributed by atoms with Gasteiger partial charge in [-0.15, -0.1) is 0 Å². The van der Waals surface area contributed by atoms with E-state index in [2.05, 4.69) is 40.4 Å². The van der Waals surface area contributed by atoms with Crippen molar-refractivity contribution < 1.29 is 9.59 Å². The zero-order valence-electron chi connectivity index (χ0n) is 26.2. The Kier molecular flexibility index (Phi) is 16.3. The van der Waals surface area contributed by atoms with E-state index in [-0.39, 0.29) is 11.7 Å². The van der Waals surface area contributed by atoms with E-state index in [1.54, 1.807) is 0 Å². The normalized spacial score (nSPS) is 11.8. The van der Waals surface area contributed by atoms with Crippen LogP contribution in [0.2, 0.25) is 0 Å². The summed E-state index contributed by atoms with van der Waals surface area (Å²) >= 11 is 0. The third-order valence-electron chi connectivity index (χ3n) is 7.98. The Hall–Kier alpha value is -3.38. The van der Waals surface area contributed by atoms with Gasteiger partial charge in [0.25, 0.3) is 0 Å². The number of aromatic nitrogens is 2. The number of hydrogen-bond donors (Lipinski definition) is 2. The largest absolute Gasteiger partial charge is 0.346 e. The van der Waals surface area contributed by atoms with E-state index in [9.17, 15) is 9.59 Å². The Morgan fingerprint density at radius 1 is 0.721 bits per heavy atom. The maximum Gasteiger partial charge on any atom is 0.220 e. The van der Waals surface area contributed by atoms with Gasteiger partial charge in [0.2, 0.25) is 5.91 Å². The zero-order valence-corrected chi connectivity index (χ0v) is 26.2. The molecular weight excluding hydrogens is 532 g/mol. The molecule has 1 aromatic carbocycles. The average Bonchev–Trinajstić information content (AvgIpc) is 3.04. The molecule has 6 heteroatoms. The maximum atomic E-state index is 13.3. The van der Waals surface area contributed by atoms with E-state index in [1.807, 2.05) is 48.8 Å². The van der Waals surface area contributed by atoms with Gasteiger partial charge in [-0.05, 0) is 93.1 Å². The highest BCUT2D eigenvalue weighted by molar-refractivity contribution is 5.89. The number of carbonyl (C=O) groups is 2. The minimum Gasteiger partial charge on any atom is -0.346 e. The first-order valence-corrected chi connectivity index (χ1v) is 16.6. The number of benzene rings is 1. The lowest BCUT2D eigenvalue weighted by Gasteiger charge is -2.18. The predicted molar refractivity (Wildman–Crippen MR) is 178 cm³/mol. The number of nitrogens with two attached hydrogens (primary N) is 1. The predicted octanol–water partition coefficient (Wildman–Crippen LogP) is 8.24. The van der Waals surface area contributed by atoms with Crippen molar-refractivity contribution >= 4 is 11.7 Å². The van der Waals surface area contributed by atoms with Gasteiger partial charge in [-0.3, -0.25) is 19.6 Å². The van der Waals surface area contributed by atoms with Crippen molar-refractivity contribution in [1.82, 2.24) is 15.3 Å². The first-order chi connectivity index (χ1) is 21.1. The molecule has 43 heavy (non-hydrogen) atoms. The molecule has 0 spiro atoms. The molecule has 1 atom stereocenters. The molecule has 0 fully saturated rings. The molecule has 0 unspecified atom stereocenters. The summed E-state index contributed by atoms with van der Waals surface area (Å²) in [7, 11) is 0. The van der Waals surface area contributed by atoms with Gasteiger partial charge >= 0.3 is 0 Å². The van der Waals surface area contributed by atoms with Gasteiger partial charge in [0.1, 0.15) is 0 Å². The Labute approximate surface area is 259 Å². The summed E-state index contributed by atoms with van der Waals surface area (Å²) in [6.45, 7) is 2.87. The highest BCUT2D eigenvalue weighted by atomic mass is 16.2. The van der Waals surface area contributed by atoms with Crippen LogP contribution in [-0.4, -0.2) is 34.2 Å². The average molecular weight is 585 g/mol. The van der Waals surface area contributed by atoms with Crippen molar-refractivity contribution in [1.29, 1.82) is 0 Å². The number of rotatable bonds is 22. The molecule has 232 valence electrons. The minimum absolute atomic E-state index is 0.00979. The van der Waals surface area contributed by atoms with E-state index in [0.29, 0.717) is 19.3 Å². The fourth-order valence-electron chi connectivity index (χ4n) is 5.48. The van der Waals surface area contributed by atoms with Crippen molar-refractivity contribution in [3.05, 3.63) is 72.6 Å². The minimum atomic E-state index is -0.416. The number of nitrogens with one attached hydrogen (secondary N) is 1. The molecular formula is C37H52N4O2. The fourth-order valence-corrected chi connectivity index (χ4v) is 5.48. The lowest BCUT2D eigenvalue weighted by molar-refractivity contribution is -0.128. The van der Waals surface area contributed by atoms with Gasteiger partial charge in [-0.1, -0.05) is 70.4 Å². The summed E-state index contributed by atoms with van der Waals surface area (Å²) in [6, 6.07) is 18.0. The number of pyridine rings is 2. The molecule has 0 aliphatic carbocycles. The second-order valence-corrected chi connectivity index (χ2v) is 11.7. The van der Waals surface area contributed by atoms with Crippen LogP contribution in [0, 0.1) is 0 Å². The van der Waals surface area contributed by atoms with Crippen LogP contribution in [0.5, 0.6) is 0 Å². The SMILES string of the molecule is CCCCC(=O)N[C@@H](CCCc1cc(-c2ccccn2)cc(-c2ccccn2)c1)C(=O)CCCCCCCCCCCN. The van der Waals surface area contributed by atoms with Crippen molar-refractivity contribution in [3.63, 3.8) is 0 Å². The van der Waals surface area contributed by atoms with Gasteiger partial charge in [0.05, 0.1) is 17.4 Å². The van der Waals surface area contributed by atoms with Crippen molar-refractivity contribution in [2.75, 3.05) is 6.54 Å². The van der Waals surface area contributed by atoms with Gasteiger partial charge in [-0.2, -0.15) is 0 Å². The molecule has 0 saturated carbocycles. The van der Waals surface area contributed by atoms with E-state index >= 15 is 0 Å². The molecule has 3 N–H and O–H groups in total. The molecule has 3 rings (SSSR count). The summed E-state index contributed by atoms with van der Waals surface area (Å²) in [5, 5.41) is 3.08. The summed E-state index contributed by atoms with van der Waals surface area (Å²) in [5.74, 6) is 0.160. The number of aryl methyl sites for hydroxylation is 1. The molecule has 6 nitrogen and oxygen atoms in total. The van der Waals surface area contributed by atoms with Gasteiger partial charge in [0.15, 0.2) is 5.78 Å². The van der Waals surface area contributed by atoms with E-state index in [1.165, 1.54) is 44.1 Å². The van der Waals surface area contributed by atoms with E-state index < -0.39 is 6.04 Å². The highest BCUT2D eigenvalue weighted by Crippen LogP contribution is 2.27. The molecule has 0 radical (unpaired) electrons. The van der Waals surface area contributed by atoms with Crippen molar-refractivity contribution in [3.8, 4) is 22.5 Å². The van der Waals surface area contributed by atoms with Crippen LogP contribution in [0.4, 0.5) is 0 Å². The molecule has 0 aliphatic heterocycles. The quantitative estimate of drug-likeness (QED) is 0.116. The summed E-state index contributed by atoms with van der Waals surface area (Å²) in [4.78, 5) is 35.0. The Morgan fingerprint density at radius 2 is 1.30 bits per heavy atom. The molecule has 2 aromatic heterocycles. The van der Waals surface area contributed by atoms with Gasteiger partial charge in [-0.25, -0.2) is 0 Å². The lowest BCUT2D eigenvalue weighted by Crippen LogP contribution is -2.40. The summed E-state index contributed by atoms with van der Waals surface area (Å²) < 4.78 is 0. The number of carbonyl (C=O) groups excluding carboxylic acids is 2. The fraction of sp³-hybridized carbons (Fsp3) is 0.514. The Morgan fingerprint density at radius 3 is 1.84 bits per heavy atom. The molecule has 1 amide bonds. The van der Waals surface area contributed by atoms with Gasteiger partial charge < -0.3 is 11.1 Å². The van der Waals surface area contributed by atoms with Crippen molar-refractivity contribution in [2.24, 2.45) is 5.73 Å². The number of nitrogens with zero attached hydrogens (tertiary/aromatic N) is 2. The van der Waals surface area contributed by atoms with Crippen LogP contribution in [0.15, 0.2) is 67.0 Å². The lowest BCUT2D eigenvalue weighted by atomic mass is 9.95. The second kappa shape index (κ2) is 20.5. The van der Waals surface area contributed by atoms with Gasteiger partial charge in [0, 0.05) is 36.4 Å². The highest BCUT2D eigenvalue weighted by Gasteiger charge is 2.20. The number of unbranched alkanes of at least 4 members (excludes halogenated alkanes) is 9. The first-order valence-electron chi connectivity index (χ1n) is 16.6. The Balaban J connectivity index is 1.57. The van der Waals surface area contributed by atoms with Crippen LogP contribution in [-0.2, 0) is 16.0 Å². The summed E-state index contributed by atoms with van der Waals surface area (Å²) in [6.07, 6.45) is 19.2. The number of ketones is 1. The summed E-state index contributed by atoms with van der Waals surface area (Å²) in [5.41, 5.74) is 10.7. The topological polar surface area (TPSA) is 98.0 Å². The smallest absolute Gasteiger partial charge is 0.220 e. The first kappa shape index (κ1) is 34.1. The standard InChI is InChI=1S/C37H52N4O2/c1-2-3-23-37(43)41-35(36(42)22-11-9-7-5-4-6-8-10-14-24-38)21-17-18-30-27-31(33-19-12-15-25-39-33)29-32(28-30)34-20-13-16-26-40-34/h12-13,15-16,19-20,25-29,35H,2-11,14,17-18,21-24,38H2,1H3,(H,41,43)/t35-/m0/s1. The molecule has 3 aromatic rings. The third kappa shape index (κ3) is 13.2. The molecule has 0 aliphatic rings. The number of hydrogen-bond acceptors (Lipinski definition) is 5.